The van der Waals surface area contributed by atoms with Crippen molar-refractivity contribution in [1.29, 1.82) is 0 Å². The molecule has 0 aliphatic carbocycles. The van der Waals surface area contributed by atoms with Crippen molar-refractivity contribution >= 4 is 11.8 Å². The van der Waals surface area contributed by atoms with Gasteiger partial charge in [-0.05, 0) is 6.92 Å². The molecule has 1 saturated heterocycles. The van der Waals surface area contributed by atoms with Crippen LogP contribution in [0.25, 0.3) is 0 Å². The van der Waals surface area contributed by atoms with Crippen molar-refractivity contribution in [2.24, 2.45) is 5.41 Å². The van der Waals surface area contributed by atoms with Crippen molar-refractivity contribution in [3.05, 3.63) is 0 Å². The Kier molecular flexibility index (Phi) is 1.95. The van der Waals surface area contributed by atoms with E-state index in [4.69, 9.17) is 4.74 Å². The summed E-state index contributed by atoms with van der Waals surface area (Å²) in [7, 11) is 1.26. The van der Waals surface area contributed by atoms with Gasteiger partial charge in [-0.1, -0.05) is 0 Å². The van der Waals surface area contributed by atoms with Crippen molar-refractivity contribution < 1.29 is 19.1 Å². The van der Waals surface area contributed by atoms with Crippen LogP contribution in [0.15, 0.2) is 0 Å². The topological polar surface area (TPSA) is 52.6 Å². The molecule has 1 aliphatic rings. The molecule has 0 radical (unpaired) electrons. The zero-order chi connectivity index (χ0) is 8.48. The van der Waals surface area contributed by atoms with Gasteiger partial charge >= 0.3 is 5.97 Å². The van der Waals surface area contributed by atoms with Crippen molar-refractivity contribution in [2.75, 3.05) is 20.3 Å². The van der Waals surface area contributed by atoms with Crippen molar-refractivity contribution in [1.82, 2.24) is 0 Å². The minimum absolute atomic E-state index is 0.0194. The molecule has 0 spiro atoms. The molecular weight excluding hydrogens is 148 g/mol. The smallest absolute Gasteiger partial charge is 0.321 e. The maximum atomic E-state index is 11.1. The number of hydrogen-bond acceptors (Lipinski definition) is 4. The Hall–Kier alpha value is -0.900. The lowest BCUT2D eigenvalue weighted by Gasteiger charge is -2.15. The average molecular weight is 158 g/mol. The number of esters is 1. The monoisotopic (exact) mass is 158 g/mol. The van der Waals surface area contributed by atoms with Gasteiger partial charge in [0.1, 0.15) is 12.0 Å². The average Bonchev–Trinajstić information content (AvgIpc) is 2.32. The predicted octanol–water partition coefficient (Wildman–Crippen LogP) is -0.235. The third-order valence-electron chi connectivity index (χ3n) is 1.88. The Morgan fingerprint density at radius 2 is 2.36 bits per heavy atom. The number of ketones is 1. The van der Waals surface area contributed by atoms with Crippen LogP contribution in [-0.2, 0) is 19.1 Å². The molecular formula is C7H10O4. The maximum absolute atomic E-state index is 11.1. The largest absolute Gasteiger partial charge is 0.468 e. The summed E-state index contributed by atoms with van der Waals surface area (Å²) >= 11 is 0. The first-order valence-electron chi connectivity index (χ1n) is 3.31. The van der Waals surface area contributed by atoms with Crippen LogP contribution in [0.5, 0.6) is 0 Å². The van der Waals surface area contributed by atoms with Gasteiger partial charge < -0.3 is 9.47 Å². The highest BCUT2D eigenvalue weighted by Gasteiger charge is 2.46. The van der Waals surface area contributed by atoms with E-state index in [9.17, 15) is 9.59 Å². The Morgan fingerprint density at radius 1 is 1.73 bits per heavy atom. The number of carbonyl (C=O) groups is 2. The van der Waals surface area contributed by atoms with E-state index in [0.29, 0.717) is 0 Å². The van der Waals surface area contributed by atoms with E-state index in [-0.39, 0.29) is 19.0 Å². The van der Waals surface area contributed by atoms with Crippen LogP contribution in [0, 0.1) is 5.41 Å². The molecule has 1 unspecified atom stereocenters. The van der Waals surface area contributed by atoms with Gasteiger partial charge in [-0.15, -0.1) is 0 Å². The number of hydrogen-bond donors (Lipinski definition) is 0. The summed E-state index contributed by atoms with van der Waals surface area (Å²) in [6, 6.07) is 0. The fourth-order valence-electron chi connectivity index (χ4n) is 0.986. The third kappa shape index (κ3) is 1.14. The summed E-state index contributed by atoms with van der Waals surface area (Å²) in [5.41, 5.74) is -1.06. The molecule has 1 fully saturated rings. The highest BCUT2D eigenvalue weighted by Crippen LogP contribution is 2.25. The second-order valence-electron chi connectivity index (χ2n) is 2.74. The Labute approximate surface area is 64.5 Å². The van der Waals surface area contributed by atoms with E-state index in [1.807, 2.05) is 0 Å². The highest BCUT2D eigenvalue weighted by molar-refractivity contribution is 6.05. The third-order valence-corrected chi connectivity index (χ3v) is 1.88. The molecule has 4 heteroatoms. The van der Waals surface area contributed by atoms with Gasteiger partial charge in [-0.2, -0.15) is 0 Å². The molecule has 0 aromatic heterocycles. The van der Waals surface area contributed by atoms with Gasteiger partial charge in [0.2, 0.25) is 0 Å². The van der Waals surface area contributed by atoms with Gasteiger partial charge in [0.15, 0.2) is 5.78 Å². The van der Waals surface area contributed by atoms with Crippen LogP contribution in [-0.4, -0.2) is 32.1 Å². The van der Waals surface area contributed by atoms with Crippen LogP contribution in [0.2, 0.25) is 0 Å². The van der Waals surface area contributed by atoms with Gasteiger partial charge in [0.25, 0.3) is 0 Å². The summed E-state index contributed by atoms with van der Waals surface area (Å²) in [5.74, 6) is -0.718. The molecule has 0 amide bonds. The minimum atomic E-state index is -1.06. The normalized spacial score (nSPS) is 30.5. The van der Waals surface area contributed by atoms with Gasteiger partial charge in [-0.25, -0.2) is 0 Å². The number of methoxy groups -OCH3 is 1. The van der Waals surface area contributed by atoms with E-state index in [0.717, 1.165) is 0 Å². The van der Waals surface area contributed by atoms with Crippen molar-refractivity contribution in [3.8, 4) is 0 Å². The highest BCUT2D eigenvalue weighted by atomic mass is 16.5. The van der Waals surface area contributed by atoms with Crippen LogP contribution < -0.4 is 0 Å². The quantitative estimate of drug-likeness (QED) is 0.390. The van der Waals surface area contributed by atoms with E-state index >= 15 is 0 Å². The van der Waals surface area contributed by atoms with Gasteiger partial charge in [0, 0.05) is 0 Å². The molecule has 0 N–H and O–H groups in total. The number of rotatable bonds is 1. The molecule has 4 nitrogen and oxygen atoms in total. The number of Topliss-reactive ketones (excluding diaryl/α,β-unsaturated/α-hetero) is 1. The molecule has 1 aliphatic heterocycles. The molecule has 1 atom stereocenters. The Morgan fingerprint density at radius 3 is 2.73 bits per heavy atom. The van der Waals surface area contributed by atoms with E-state index in [1.165, 1.54) is 14.0 Å². The second kappa shape index (κ2) is 2.62. The van der Waals surface area contributed by atoms with Gasteiger partial charge in [0.05, 0.1) is 13.7 Å². The minimum Gasteiger partial charge on any atom is -0.468 e. The van der Waals surface area contributed by atoms with E-state index in [2.05, 4.69) is 4.74 Å². The molecule has 0 aromatic rings. The Balaban J connectivity index is 2.80. The lowest BCUT2D eigenvalue weighted by molar-refractivity contribution is -0.154. The van der Waals surface area contributed by atoms with Crippen LogP contribution in [0.3, 0.4) is 0 Å². The number of ether oxygens (including phenoxy) is 2. The molecule has 1 heterocycles. The summed E-state index contributed by atoms with van der Waals surface area (Å²) in [6.07, 6.45) is 0. The lowest BCUT2D eigenvalue weighted by Crippen LogP contribution is -2.36. The fourth-order valence-corrected chi connectivity index (χ4v) is 0.986. The molecule has 62 valence electrons. The summed E-state index contributed by atoms with van der Waals surface area (Å²) in [5, 5.41) is 0. The summed E-state index contributed by atoms with van der Waals surface area (Å²) in [6.45, 7) is 1.69. The van der Waals surface area contributed by atoms with E-state index in [1.54, 1.807) is 0 Å². The maximum Gasteiger partial charge on any atom is 0.321 e. The second-order valence-corrected chi connectivity index (χ2v) is 2.74. The number of carbonyl (C=O) groups excluding carboxylic acids is 2. The van der Waals surface area contributed by atoms with Crippen LogP contribution in [0.4, 0.5) is 0 Å². The first kappa shape index (κ1) is 8.20. The zero-order valence-electron chi connectivity index (χ0n) is 6.55. The van der Waals surface area contributed by atoms with E-state index < -0.39 is 11.4 Å². The standard InChI is InChI=1S/C7H10O4/c1-7(6(9)10-2)4-11-3-5(7)8/h3-4H2,1-2H3. The van der Waals surface area contributed by atoms with Crippen LogP contribution >= 0.6 is 0 Å². The fraction of sp³-hybridized carbons (Fsp3) is 0.714. The SMILES string of the molecule is COC(=O)C1(C)COCC1=O. The molecule has 1 rings (SSSR count). The molecule has 0 saturated carbocycles. The zero-order valence-corrected chi connectivity index (χ0v) is 6.55. The first-order valence-corrected chi connectivity index (χ1v) is 3.31. The van der Waals surface area contributed by atoms with Crippen molar-refractivity contribution in [3.63, 3.8) is 0 Å². The Bertz CT molecular complexity index is 199. The lowest BCUT2D eigenvalue weighted by atomic mass is 9.89. The molecule has 0 bridgehead atoms. The van der Waals surface area contributed by atoms with Crippen molar-refractivity contribution in [2.45, 2.75) is 6.92 Å². The molecule has 11 heavy (non-hydrogen) atoms. The van der Waals surface area contributed by atoms with Crippen LogP contribution in [0.1, 0.15) is 6.92 Å². The summed E-state index contributed by atoms with van der Waals surface area (Å²) < 4.78 is 9.31. The predicted molar refractivity (Wildman–Crippen MR) is 35.9 cm³/mol. The molecule has 0 aromatic carbocycles. The van der Waals surface area contributed by atoms with Gasteiger partial charge in [-0.3, -0.25) is 9.59 Å². The first-order chi connectivity index (χ1) is 5.11. The summed E-state index contributed by atoms with van der Waals surface area (Å²) in [4.78, 5) is 22.1.